The number of aliphatic hydroxyl groups is 1. The molecule has 0 aromatic heterocycles. The molecular weight excluding hydrogens is 228 g/mol. The molecule has 0 fully saturated rings. The van der Waals surface area contributed by atoms with Crippen LogP contribution in [0.5, 0.6) is 0 Å². The Morgan fingerprint density at radius 2 is 2.07 bits per heavy atom. The molecule has 0 unspecified atom stereocenters. The predicted octanol–water partition coefficient (Wildman–Crippen LogP) is 2.51. The van der Waals surface area contributed by atoms with Gasteiger partial charge in [0.05, 0.1) is 10.0 Å². The van der Waals surface area contributed by atoms with Crippen molar-refractivity contribution in [2.75, 3.05) is 6.61 Å². The van der Waals surface area contributed by atoms with Gasteiger partial charge in [0.25, 0.3) is 0 Å². The van der Waals surface area contributed by atoms with Crippen molar-refractivity contribution < 1.29 is 9.50 Å². The van der Waals surface area contributed by atoms with Gasteiger partial charge in [0.2, 0.25) is 0 Å². The number of benzene rings is 1. The molecule has 0 amide bonds. The van der Waals surface area contributed by atoms with Crippen LogP contribution < -0.4 is 5.73 Å². The van der Waals surface area contributed by atoms with Gasteiger partial charge in [-0.1, -0.05) is 23.2 Å². The molecule has 3 N–H and O–H groups in total. The van der Waals surface area contributed by atoms with Crippen LogP contribution in [0.1, 0.15) is 18.0 Å². The van der Waals surface area contributed by atoms with Crippen LogP contribution in [-0.4, -0.2) is 11.7 Å². The molecule has 0 aliphatic carbocycles. The van der Waals surface area contributed by atoms with E-state index in [1.807, 2.05) is 0 Å². The largest absolute Gasteiger partial charge is 0.396 e. The molecule has 0 saturated heterocycles. The van der Waals surface area contributed by atoms with Crippen LogP contribution in [0.3, 0.4) is 0 Å². The normalized spacial score (nSPS) is 12.9. The Kier molecular flexibility index (Phi) is 4.13. The Morgan fingerprint density at radius 1 is 1.43 bits per heavy atom. The van der Waals surface area contributed by atoms with E-state index in [0.717, 1.165) is 0 Å². The molecule has 0 aliphatic heterocycles. The Hall–Kier alpha value is -0.350. The van der Waals surface area contributed by atoms with Gasteiger partial charge in [0.1, 0.15) is 5.82 Å². The third-order valence-corrected chi connectivity index (χ3v) is 2.65. The molecule has 1 aromatic rings. The molecule has 1 rings (SSSR count). The summed E-state index contributed by atoms with van der Waals surface area (Å²) >= 11 is 11.2. The standard InChI is InChI=1S/C9H10Cl2FNO/c10-6-3-5(8(13)1-2-14)4-7(12)9(6)11/h3-4,8,14H,1-2,13H2/t8-/m1/s1. The molecule has 2 nitrogen and oxygen atoms in total. The quantitative estimate of drug-likeness (QED) is 0.794. The van der Waals surface area contributed by atoms with E-state index in [-0.39, 0.29) is 16.7 Å². The summed E-state index contributed by atoms with van der Waals surface area (Å²) in [7, 11) is 0. The van der Waals surface area contributed by atoms with Gasteiger partial charge in [-0.05, 0) is 24.1 Å². The second-order valence-corrected chi connectivity index (χ2v) is 3.70. The van der Waals surface area contributed by atoms with Crippen molar-refractivity contribution in [1.29, 1.82) is 0 Å². The Bertz CT molecular complexity index is 310. The van der Waals surface area contributed by atoms with E-state index in [0.29, 0.717) is 12.0 Å². The highest BCUT2D eigenvalue weighted by atomic mass is 35.5. The minimum Gasteiger partial charge on any atom is -0.396 e. The number of rotatable bonds is 3. The maximum atomic E-state index is 13.1. The third kappa shape index (κ3) is 2.58. The Morgan fingerprint density at radius 3 is 2.57 bits per heavy atom. The van der Waals surface area contributed by atoms with Gasteiger partial charge in [0, 0.05) is 12.6 Å². The lowest BCUT2D eigenvalue weighted by Gasteiger charge is -2.11. The average Bonchev–Trinajstić information content (AvgIpc) is 2.13. The summed E-state index contributed by atoms with van der Waals surface area (Å²) in [6.07, 6.45) is 0.359. The molecule has 0 spiro atoms. The van der Waals surface area contributed by atoms with Gasteiger partial charge in [-0.3, -0.25) is 0 Å². The summed E-state index contributed by atoms with van der Waals surface area (Å²) < 4.78 is 13.1. The Labute approximate surface area is 91.4 Å². The SMILES string of the molecule is N[C@H](CCO)c1cc(F)c(Cl)c(Cl)c1. The maximum absolute atomic E-state index is 13.1. The van der Waals surface area contributed by atoms with E-state index < -0.39 is 11.9 Å². The van der Waals surface area contributed by atoms with Crippen molar-refractivity contribution in [3.05, 3.63) is 33.6 Å². The highest BCUT2D eigenvalue weighted by Crippen LogP contribution is 2.28. The molecular formula is C9H10Cl2FNO. The highest BCUT2D eigenvalue weighted by Gasteiger charge is 2.11. The van der Waals surface area contributed by atoms with Gasteiger partial charge < -0.3 is 10.8 Å². The van der Waals surface area contributed by atoms with Crippen molar-refractivity contribution in [3.8, 4) is 0 Å². The fraction of sp³-hybridized carbons (Fsp3) is 0.333. The summed E-state index contributed by atoms with van der Waals surface area (Å²) in [4.78, 5) is 0. The first kappa shape index (κ1) is 11.7. The summed E-state index contributed by atoms with van der Waals surface area (Å²) in [5, 5.41) is 8.69. The second-order valence-electron chi connectivity index (χ2n) is 2.92. The van der Waals surface area contributed by atoms with Crippen molar-refractivity contribution in [2.24, 2.45) is 5.73 Å². The predicted molar refractivity (Wildman–Crippen MR) is 55.1 cm³/mol. The zero-order valence-corrected chi connectivity index (χ0v) is 8.82. The van der Waals surface area contributed by atoms with Crippen molar-refractivity contribution >= 4 is 23.2 Å². The summed E-state index contributed by atoms with van der Waals surface area (Å²) in [6, 6.07) is 2.31. The zero-order chi connectivity index (χ0) is 10.7. The molecule has 0 bridgehead atoms. The van der Waals surface area contributed by atoms with Crippen molar-refractivity contribution in [3.63, 3.8) is 0 Å². The smallest absolute Gasteiger partial charge is 0.143 e. The lowest BCUT2D eigenvalue weighted by Crippen LogP contribution is -2.12. The van der Waals surface area contributed by atoms with Crippen LogP contribution in [-0.2, 0) is 0 Å². The fourth-order valence-electron chi connectivity index (χ4n) is 1.09. The number of halogens is 3. The lowest BCUT2D eigenvalue weighted by molar-refractivity contribution is 0.276. The maximum Gasteiger partial charge on any atom is 0.143 e. The topological polar surface area (TPSA) is 46.2 Å². The zero-order valence-electron chi connectivity index (χ0n) is 7.30. The average molecular weight is 238 g/mol. The minimum absolute atomic E-state index is 0.0525. The molecule has 1 atom stereocenters. The molecule has 1 aromatic carbocycles. The molecule has 14 heavy (non-hydrogen) atoms. The van der Waals surface area contributed by atoms with Crippen LogP contribution in [0, 0.1) is 5.82 Å². The van der Waals surface area contributed by atoms with Gasteiger partial charge in [-0.15, -0.1) is 0 Å². The van der Waals surface area contributed by atoms with Crippen LogP contribution in [0.15, 0.2) is 12.1 Å². The molecule has 0 saturated carbocycles. The first-order chi connectivity index (χ1) is 6.56. The first-order valence-electron chi connectivity index (χ1n) is 4.07. The number of aliphatic hydroxyl groups excluding tert-OH is 1. The monoisotopic (exact) mass is 237 g/mol. The molecule has 0 heterocycles. The number of hydrogen-bond acceptors (Lipinski definition) is 2. The highest BCUT2D eigenvalue weighted by molar-refractivity contribution is 6.42. The third-order valence-electron chi connectivity index (χ3n) is 1.87. The van der Waals surface area contributed by atoms with Crippen LogP contribution in [0.25, 0.3) is 0 Å². The van der Waals surface area contributed by atoms with Gasteiger partial charge in [-0.25, -0.2) is 4.39 Å². The van der Waals surface area contributed by atoms with Gasteiger partial charge >= 0.3 is 0 Å². The molecule has 78 valence electrons. The van der Waals surface area contributed by atoms with E-state index in [1.54, 1.807) is 0 Å². The van der Waals surface area contributed by atoms with Crippen LogP contribution in [0.4, 0.5) is 4.39 Å². The van der Waals surface area contributed by atoms with E-state index in [2.05, 4.69) is 0 Å². The van der Waals surface area contributed by atoms with E-state index in [4.69, 9.17) is 34.0 Å². The summed E-state index contributed by atoms with van der Waals surface area (Å²) in [5.74, 6) is -0.595. The van der Waals surface area contributed by atoms with Crippen molar-refractivity contribution in [2.45, 2.75) is 12.5 Å². The molecule has 0 aliphatic rings. The molecule has 5 heteroatoms. The van der Waals surface area contributed by atoms with E-state index in [1.165, 1.54) is 12.1 Å². The van der Waals surface area contributed by atoms with Crippen LogP contribution in [0.2, 0.25) is 10.0 Å². The first-order valence-corrected chi connectivity index (χ1v) is 4.82. The molecule has 0 radical (unpaired) electrons. The van der Waals surface area contributed by atoms with E-state index >= 15 is 0 Å². The van der Waals surface area contributed by atoms with E-state index in [9.17, 15) is 4.39 Å². The Balaban J connectivity index is 3.00. The fourth-order valence-corrected chi connectivity index (χ4v) is 1.42. The second kappa shape index (κ2) is 4.94. The van der Waals surface area contributed by atoms with Crippen LogP contribution >= 0.6 is 23.2 Å². The summed E-state index contributed by atoms with van der Waals surface area (Å²) in [6.45, 7) is -0.0525. The number of hydrogen-bond donors (Lipinski definition) is 2. The minimum atomic E-state index is -0.595. The number of nitrogens with two attached hydrogens (primary N) is 1. The van der Waals surface area contributed by atoms with Crippen molar-refractivity contribution in [1.82, 2.24) is 0 Å². The lowest BCUT2D eigenvalue weighted by atomic mass is 10.1. The van der Waals surface area contributed by atoms with Gasteiger partial charge in [-0.2, -0.15) is 0 Å². The van der Waals surface area contributed by atoms with Gasteiger partial charge in [0.15, 0.2) is 0 Å². The summed E-state index contributed by atoms with van der Waals surface area (Å²) in [5.41, 5.74) is 6.20.